The molecule has 0 fully saturated rings. The van der Waals surface area contributed by atoms with Gasteiger partial charge in [-0.3, -0.25) is 4.79 Å². The van der Waals surface area contributed by atoms with E-state index in [9.17, 15) is 4.79 Å². The van der Waals surface area contributed by atoms with Crippen LogP contribution in [0, 0.1) is 0 Å². The zero-order valence-electron chi connectivity index (χ0n) is 18.9. The fraction of sp³-hybridized carbons (Fsp3) is 0.219. The third-order valence-electron chi connectivity index (χ3n) is 5.34. The van der Waals surface area contributed by atoms with Gasteiger partial charge >= 0.3 is 0 Å². The van der Waals surface area contributed by atoms with Crippen molar-refractivity contribution >= 4 is 5.78 Å². The second kappa shape index (κ2) is 13.2. The summed E-state index contributed by atoms with van der Waals surface area (Å²) in [5.41, 5.74) is 9.53. The van der Waals surface area contributed by atoms with E-state index >= 15 is 0 Å². The average molecular weight is 439 g/mol. The summed E-state index contributed by atoms with van der Waals surface area (Å²) in [6, 6.07) is 32.8. The van der Waals surface area contributed by atoms with E-state index in [2.05, 4.69) is 48.5 Å². The lowest BCUT2D eigenvalue weighted by Crippen LogP contribution is -1.93. The third-order valence-corrected chi connectivity index (χ3v) is 5.34. The molecule has 0 radical (unpaired) electrons. The van der Waals surface area contributed by atoms with Crippen molar-refractivity contribution in [1.82, 2.24) is 0 Å². The lowest BCUT2D eigenvalue weighted by molar-refractivity contribution is 0.104. The van der Waals surface area contributed by atoms with Gasteiger partial charge in [0.2, 0.25) is 0 Å². The molecule has 0 aromatic heterocycles. The monoisotopic (exact) mass is 438 g/mol. The Morgan fingerprint density at radius 3 is 1.06 bits per heavy atom. The van der Waals surface area contributed by atoms with Gasteiger partial charge in [0.1, 0.15) is 0 Å². The maximum absolute atomic E-state index is 11.9. The first-order valence-corrected chi connectivity index (χ1v) is 11.2. The number of hydrogen-bond donors (Lipinski definition) is 0. The summed E-state index contributed by atoms with van der Waals surface area (Å²) in [6.07, 6.45) is 1.10. The van der Waals surface area contributed by atoms with Crippen LogP contribution in [0.3, 0.4) is 0 Å². The van der Waals surface area contributed by atoms with Crippen LogP contribution in [-0.2, 0) is 6.42 Å². The minimum absolute atomic E-state index is 0. The molecule has 6 rings (SSSR count). The van der Waals surface area contributed by atoms with Gasteiger partial charge in [0, 0.05) is 11.1 Å². The van der Waals surface area contributed by atoms with E-state index in [-0.39, 0.29) is 20.6 Å². The van der Waals surface area contributed by atoms with Crippen molar-refractivity contribution in [3.05, 3.63) is 119 Å². The van der Waals surface area contributed by atoms with Crippen molar-refractivity contribution in [1.29, 1.82) is 0 Å². The highest BCUT2D eigenvalue weighted by molar-refractivity contribution is 6.21. The smallest absolute Gasteiger partial charge is 0.194 e. The Labute approximate surface area is 201 Å². The molecule has 2 aliphatic carbocycles. The van der Waals surface area contributed by atoms with Gasteiger partial charge in [0.25, 0.3) is 0 Å². The van der Waals surface area contributed by atoms with Crippen LogP contribution in [0.4, 0.5) is 0 Å². The Morgan fingerprint density at radius 1 is 0.424 bits per heavy atom. The number of carbonyl (C=O) groups is 1. The minimum atomic E-state index is 0. The standard InChI is InChI=1S/C13H8O.C13H10.2C2H6.2CH4/c14-13-11-7-3-1-5-9(11)10-6-2-4-8-12(10)13;1-3-7-12-10(5-1)9-11-6-2-4-8-13(11)12;2*1-2;;/h1-8H;1-8H,9H2;2*1-2H3;2*1H4. The summed E-state index contributed by atoms with van der Waals surface area (Å²) in [5, 5.41) is 0. The van der Waals surface area contributed by atoms with Gasteiger partial charge in [-0.25, -0.2) is 0 Å². The largest absolute Gasteiger partial charge is 0.289 e. The molecule has 0 saturated carbocycles. The molecule has 1 nitrogen and oxygen atoms in total. The molecule has 0 aliphatic heterocycles. The molecular formula is C32H38O. The fourth-order valence-corrected chi connectivity index (χ4v) is 4.06. The van der Waals surface area contributed by atoms with Crippen molar-refractivity contribution < 1.29 is 4.79 Å². The van der Waals surface area contributed by atoms with E-state index in [0.29, 0.717) is 0 Å². The van der Waals surface area contributed by atoms with Crippen LogP contribution in [0.15, 0.2) is 97.1 Å². The minimum Gasteiger partial charge on any atom is -0.289 e. The van der Waals surface area contributed by atoms with E-state index in [1.807, 2.05) is 76.2 Å². The molecule has 0 bridgehead atoms. The quantitative estimate of drug-likeness (QED) is 0.231. The average Bonchev–Trinajstić information content (AvgIpc) is 3.38. The van der Waals surface area contributed by atoms with Gasteiger partial charge in [-0.15, -0.1) is 0 Å². The van der Waals surface area contributed by atoms with E-state index in [1.54, 1.807) is 0 Å². The number of carbonyl (C=O) groups excluding carboxylic acids is 1. The normalized spacial score (nSPS) is 10.5. The van der Waals surface area contributed by atoms with Crippen molar-refractivity contribution in [2.75, 3.05) is 0 Å². The Hall–Kier alpha value is -3.45. The molecule has 172 valence electrons. The molecule has 0 heterocycles. The summed E-state index contributed by atoms with van der Waals surface area (Å²) in [7, 11) is 0. The number of rotatable bonds is 0. The van der Waals surface area contributed by atoms with E-state index in [1.165, 1.54) is 22.3 Å². The Bertz CT molecular complexity index is 1080. The maximum Gasteiger partial charge on any atom is 0.194 e. The van der Waals surface area contributed by atoms with Crippen LogP contribution < -0.4 is 0 Å². The molecule has 33 heavy (non-hydrogen) atoms. The summed E-state index contributed by atoms with van der Waals surface area (Å²) in [5.74, 6) is 0.149. The Kier molecular flexibility index (Phi) is 11.0. The molecule has 0 spiro atoms. The van der Waals surface area contributed by atoms with Crippen LogP contribution in [-0.4, -0.2) is 5.78 Å². The highest BCUT2D eigenvalue weighted by Gasteiger charge is 2.24. The summed E-state index contributed by atoms with van der Waals surface area (Å²) < 4.78 is 0. The lowest BCUT2D eigenvalue weighted by atomic mass is 10.1. The van der Waals surface area contributed by atoms with Crippen LogP contribution in [0.25, 0.3) is 22.3 Å². The number of hydrogen-bond acceptors (Lipinski definition) is 1. The fourth-order valence-electron chi connectivity index (χ4n) is 4.06. The molecular weight excluding hydrogens is 400 g/mol. The molecule has 0 unspecified atom stereocenters. The summed E-state index contributed by atoms with van der Waals surface area (Å²) in [6.45, 7) is 8.00. The number of ketones is 1. The first-order valence-electron chi connectivity index (χ1n) is 11.2. The predicted molar refractivity (Wildman–Crippen MR) is 146 cm³/mol. The topological polar surface area (TPSA) is 17.1 Å². The second-order valence-electron chi connectivity index (χ2n) is 6.91. The van der Waals surface area contributed by atoms with Gasteiger partial charge in [0.15, 0.2) is 5.78 Å². The van der Waals surface area contributed by atoms with Crippen LogP contribution in [0.2, 0.25) is 0 Å². The highest BCUT2D eigenvalue weighted by Crippen LogP contribution is 2.36. The molecule has 0 atom stereocenters. The van der Waals surface area contributed by atoms with Crippen molar-refractivity contribution in [3.63, 3.8) is 0 Å². The van der Waals surface area contributed by atoms with E-state index < -0.39 is 0 Å². The first kappa shape index (κ1) is 27.6. The SMILES string of the molecule is C.C.CC.CC.O=C1c2ccccc2-c2ccccc21.c1ccc2c(c1)Cc1ccccc1-2. The molecule has 0 N–H and O–H groups in total. The summed E-state index contributed by atoms with van der Waals surface area (Å²) in [4.78, 5) is 11.9. The first-order chi connectivity index (χ1) is 15.3. The van der Waals surface area contributed by atoms with Gasteiger partial charge in [-0.2, -0.15) is 0 Å². The van der Waals surface area contributed by atoms with Crippen molar-refractivity contribution in [3.8, 4) is 22.3 Å². The Morgan fingerprint density at radius 2 is 0.697 bits per heavy atom. The number of fused-ring (bicyclic) bond motifs is 6. The molecule has 2 aliphatic rings. The molecule has 0 saturated heterocycles. The van der Waals surface area contributed by atoms with Gasteiger partial charge in [0.05, 0.1) is 0 Å². The van der Waals surface area contributed by atoms with Crippen LogP contribution in [0.1, 0.15) is 69.6 Å². The van der Waals surface area contributed by atoms with Gasteiger partial charge in [-0.05, 0) is 39.8 Å². The van der Waals surface area contributed by atoms with Gasteiger partial charge < -0.3 is 0 Å². The molecule has 1 heteroatoms. The van der Waals surface area contributed by atoms with Crippen LogP contribution in [0.5, 0.6) is 0 Å². The van der Waals surface area contributed by atoms with E-state index in [4.69, 9.17) is 0 Å². The van der Waals surface area contributed by atoms with E-state index in [0.717, 1.165) is 28.7 Å². The third kappa shape index (κ3) is 5.49. The van der Waals surface area contributed by atoms with Crippen molar-refractivity contribution in [2.45, 2.75) is 49.0 Å². The molecule has 4 aromatic carbocycles. The van der Waals surface area contributed by atoms with Crippen molar-refractivity contribution in [2.24, 2.45) is 0 Å². The van der Waals surface area contributed by atoms with Crippen LogP contribution >= 0.6 is 0 Å². The lowest BCUT2D eigenvalue weighted by Gasteiger charge is -1.98. The number of benzene rings is 4. The summed E-state index contributed by atoms with van der Waals surface area (Å²) >= 11 is 0. The maximum atomic E-state index is 11.9. The molecule has 4 aromatic rings. The predicted octanol–water partition coefficient (Wildman–Crippen LogP) is 9.48. The second-order valence-corrected chi connectivity index (χ2v) is 6.91. The molecule has 0 amide bonds. The Balaban J connectivity index is 0.000000273. The zero-order chi connectivity index (χ0) is 22.2. The van der Waals surface area contributed by atoms with Gasteiger partial charge in [-0.1, -0.05) is 140 Å². The zero-order valence-corrected chi connectivity index (χ0v) is 18.9. The highest BCUT2D eigenvalue weighted by atomic mass is 16.1.